The van der Waals surface area contributed by atoms with Crippen LogP contribution >= 0.6 is 0 Å². The highest BCUT2D eigenvalue weighted by Crippen LogP contribution is 2.04. The quantitative estimate of drug-likeness (QED) is 0.316. The normalized spacial score (nSPS) is 11.5. The molecule has 0 rings (SSSR count). The van der Waals surface area contributed by atoms with Crippen molar-refractivity contribution < 1.29 is 4.79 Å². The van der Waals surface area contributed by atoms with Crippen LogP contribution in [0.4, 0.5) is 0 Å². The second-order valence-electron chi connectivity index (χ2n) is 3.04. The van der Waals surface area contributed by atoms with Crippen molar-refractivity contribution in [3.8, 4) is 0 Å². The summed E-state index contributed by atoms with van der Waals surface area (Å²) in [5, 5.41) is 0. The molecule has 0 N–H and O–H groups in total. The van der Waals surface area contributed by atoms with Gasteiger partial charge in [-0.25, -0.2) is 0 Å². The Labute approximate surface area is 81.5 Å². The fraction of sp³-hybridized carbons (Fsp3) is 0.583. The molecule has 0 aliphatic rings. The Balaban J connectivity index is 3.03. The molecule has 0 atom stereocenters. The lowest BCUT2D eigenvalue weighted by molar-refractivity contribution is 0.564. The predicted molar refractivity (Wildman–Crippen MR) is 57.3 cm³/mol. The van der Waals surface area contributed by atoms with Gasteiger partial charge < -0.3 is 0 Å². The minimum atomic E-state index is 1.01. The highest BCUT2D eigenvalue weighted by molar-refractivity contribution is 5.65. The molecule has 0 aromatic carbocycles. The van der Waals surface area contributed by atoms with Crippen LogP contribution in [-0.2, 0) is 4.79 Å². The van der Waals surface area contributed by atoms with Gasteiger partial charge in [-0.1, -0.05) is 31.6 Å². The zero-order valence-electron chi connectivity index (χ0n) is 8.46. The van der Waals surface area contributed by atoms with Crippen molar-refractivity contribution in [1.29, 1.82) is 0 Å². The smallest absolute Gasteiger partial charge is 0.225 e. The third kappa shape index (κ3) is 11.1. The van der Waals surface area contributed by atoms with E-state index in [2.05, 4.69) is 19.1 Å². The van der Waals surface area contributed by atoms with Crippen LogP contribution in [0.3, 0.4) is 0 Å². The van der Waals surface area contributed by atoms with Gasteiger partial charge in [0.1, 0.15) is 0 Å². The molecule has 0 saturated heterocycles. The van der Waals surface area contributed by atoms with E-state index in [1.165, 1.54) is 31.8 Å². The van der Waals surface area contributed by atoms with Crippen molar-refractivity contribution in [2.24, 2.45) is 0 Å². The van der Waals surface area contributed by atoms with E-state index >= 15 is 0 Å². The Hall–Kier alpha value is -0.850. The van der Waals surface area contributed by atoms with E-state index in [1.807, 2.05) is 6.08 Å². The number of hydrogen-bond acceptors (Lipinski definition) is 1. The minimum absolute atomic E-state index is 1.01. The maximum Gasteiger partial charge on any atom is 0.225 e. The molecule has 73 valence electrons. The van der Waals surface area contributed by atoms with Gasteiger partial charge in [0.05, 0.1) is 0 Å². The van der Waals surface area contributed by atoms with E-state index in [9.17, 15) is 4.79 Å². The van der Waals surface area contributed by atoms with Crippen molar-refractivity contribution in [2.75, 3.05) is 0 Å². The van der Waals surface area contributed by atoms with E-state index in [0.717, 1.165) is 12.8 Å². The Morgan fingerprint density at radius 2 is 1.69 bits per heavy atom. The Bertz CT molecular complexity index is 157. The van der Waals surface area contributed by atoms with Crippen molar-refractivity contribution in [2.45, 2.75) is 45.4 Å². The van der Waals surface area contributed by atoms with Crippen LogP contribution in [0.2, 0.25) is 0 Å². The zero-order valence-corrected chi connectivity index (χ0v) is 8.46. The van der Waals surface area contributed by atoms with Gasteiger partial charge in [0.15, 0.2) is 0 Å². The lowest BCUT2D eigenvalue weighted by atomic mass is 10.1. The monoisotopic (exact) mass is 179 g/mol. The first-order valence-corrected chi connectivity index (χ1v) is 5.09. The number of allylic oxidation sites excluding steroid dienone is 4. The zero-order chi connectivity index (χ0) is 9.78. The third-order valence-electron chi connectivity index (χ3n) is 1.83. The van der Waals surface area contributed by atoms with Gasteiger partial charge in [0.25, 0.3) is 0 Å². The summed E-state index contributed by atoms with van der Waals surface area (Å²) in [6.45, 7) is 2.15. The number of hydrogen-bond donors (Lipinski definition) is 0. The molecule has 13 heavy (non-hydrogen) atoms. The summed E-state index contributed by atoms with van der Waals surface area (Å²) in [6.07, 6.45) is 16.6. The Morgan fingerprint density at radius 3 is 2.31 bits per heavy atom. The summed E-state index contributed by atoms with van der Waals surface area (Å²) in [5.41, 5.74) is 0. The molecule has 0 aliphatic heterocycles. The number of carbonyl (C=O) groups excluding carboxylic acids is 1. The Kier molecular flexibility index (Phi) is 10.4. The largest absolute Gasteiger partial charge is 0.286 e. The van der Waals surface area contributed by atoms with Gasteiger partial charge in [-0.2, -0.15) is 0 Å². The molecular weight excluding hydrogens is 160 g/mol. The van der Waals surface area contributed by atoms with Crippen LogP contribution in [0.5, 0.6) is 0 Å². The molecule has 0 unspecified atom stereocenters. The molecule has 0 saturated carbocycles. The fourth-order valence-electron chi connectivity index (χ4n) is 1.12. The van der Waals surface area contributed by atoms with Crippen molar-refractivity contribution >= 4 is 6.29 Å². The molecule has 0 fully saturated rings. The van der Waals surface area contributed by atoms with Gasteiger partial charge in [0, 0.05) is 0 Å². The highest BCUT2D eigenvalue weighted by Gasteiger charge is 1.85. The molecule has 1 nitrogen and oxygen atoms in total. The molecule has 0 aromatic rings. The summed E-state index contributed by atoms with van der Waals surface area (Å²) >= 11 is 0. The first kappa shape index (κ1) is 12.2. The van der Waals surface area contributed by atoms with Crippen LogP contribution in [0.1, 0.15) is 45.4 Å². The summed E-state index contributed by atoms with van der Waals surface area (Å²) in [5.74, 6) is 0. The first-order valence-electron chi connectivity index (χ1n) is 5.09. The highest BCUT2D eigenvalue weighted by atomic mass is 16.1. The SMILES string of the molecule is CC/C=C/CCCCC/C=C/[C]=O. The van der Waals surface area contributed by atoms with Gasteiger partial charge in [0.2, 0.25) is 6.29 Å². The molecule has 0 spiro atoms. The summed E-state index contributed by atoms with van der Waals surface area (Å²) in [4.78, 5) is 9.79. The topological polar surface area (TPSA) is 17.1 Å². The molecule has 1 radical (unpaired) electrons. The third-order valence-corrected chi connectivity index (χ3v) is 1.83. The minimum Gasteiger partial charge on any atom is -0.286 e. The molecular formula is C12H19O. The number of unbranched alkanes of at least 4 members (excludes halogenated alkanes) is 4. The molecule has 0 amide bonds. The van der Waals surface area contributed by atoms with E-state index in [-0.39, 0.29) is 0 Å². The average Bonchev–Trinajstić information content (AvgIpc) is 2.16. The number of rotatable bonds is 8. The maximum atomic E-state index is 9.79. The van der Waals surface area contributed by atoms with Gasteiger partial charge in [-0.05, 0) is 38.2 Å². The average molecular weight is 179 g/mol. The van der Waals surface area contributed by atoms with E-state index in [4.69, 9.17) is 0 Å². The lowest BCUT2D eigenvalue weighted by Gasteiger charge is -1.94. The first-order chi connectivity index (χ1) is 6.41. The predicted octanol–water partition coefficient (Wildman–Crippen LogP) is 3.57. The maximum absolute atomic E-state index is 9.79. The van der Waals surface area contributed by atoms with Crippen LogP contribution in [0, 0.1) is 0 Å². The van der Waals surface area contributed by atoms with Crippen LogP contribution < -0.4 is 0 Å². The van der Waals surface area contributed by atoms with Crippen molar-refractivity contribution in [3.05, 3.63) is 24.3 Å². The van der Waals surface area contributed by atoms with Crippen molar-refractivity contribution in [1.82, 2.24) is 0 Å². The summed E-state index contributed by atoms with van der Waals surface area (Å²) in [6, 6.07) is 0. The molecule has 0 aliphatic carbocycles. The standard InChI is InChI=1S/C12H19O/c1-2-3-4-5-6-7-8-9-10-11-12-13/h3-4,10-11H,2,5-9H2,1H3/b4-3+,11-10+. The van der Waals surface area contributed by atoms with E-state index in [0.29, 0.717) is 0 Å². The second-order valence-corrected chi connectivity index (χ2v) is 3.04. The van der Waals surface area contributed by atoms with E-state index in [1.54, 1.807) is 6.29 Å². The van der Waals surface area contributed by atoms with Crippen LogP contribution in [0.25, 0.3) is 0 Å². The van der Waals surface area contributed by atoms with Gasteiger partial charge in [-0.3, -0.25) is 4.79 Å². The Morgan fingerprint density at radius 1 is 1.00 bits per heavy atom. The summed E-state index contributed by atoms with van der Waals surface area (Å²) < 4.78 is 0. The molecule has 0 bridgehead atoms. The van der Waals surface area contributed by atoms with Gasteiger partial charge in [-0.15, -0.1) is 0 Å². The van der Waals surface area contributed by atoms with Crippen molar-refractivity contribution in [3.63, 3.8) is 0 Å². The van der Waals surface area contributed by atoms with E-state index < -0.39 is 0 Å². The molecule has 1 heteroatoms. The van der Waals surface area contributed by atoms with Crippen LogP contribution in [0.15, 0.2) is 24.3 Å². The molecule has 0 aromatic heterocycles. The fourth-order valence-corrected chi connectivity index (χ4v) is 1.12. The van der Waals surface area contributed by atoms with Crippen LogP contribution in [-0.4, -0.2) is 6.29 Å². The van der Waals surface area contributed by atoms with Gasteiger partial charge >= 0.3 is 0 Å². The lowest BCUT2D eigenvalue weighted by Crippen LogP contribution is -1.75. The molecule has 0 heterocycles. The second kappa shape index (κ2) is 11.2. The summed E-state index contributed by atoms with van der Waals surface area (Å²) in [7, 11) is 0.